The second-order valence-corrected chi connectivity index (χ2v) is 7.65. The lowest BCUT2D eigenvalue weighted by Crippen LogP contribution is -2.15. The summed E-state index contributed by atoms with van der Waals surface area (Å²) in [6, 6.07) is 0. The van der Waals surface area contributed by atoms with Crippen LogP contribution in [0.2, 0.25) is 0 Å². The van der Waals surface area contributed by atoms with Gasteiger partial charge in [-0.15, -0.1) is 23.1 Å². The topological polar surface area (TPSA) is 39.2 Å². The Kier molecular flexibility index (Phi) is 5.38. The van der Waals surface area contributed by atoms with Crippen LogP contribution in [-0.2, 0) is 16.0 Å². The summed E-state index contributed by atoms with van der Waals surface area (Å²) < 4.78 is 4.94. The van der Waals surface area contributed by atoms with E-state index in [0.29, 0.717) is 23.5 Å². The van der Waals surface area contributed by atoms with Crippen LogP contribution < -0.4 is 0 Å². The van der Waals surface area contributed by atoms with Gasteiger partial charge in [-0.2, -0.15) is 11.8 Å². The zero-order chi connectivity index (χ0) is 13.0. The third-order valence-electron chi connectivity index (χ3n) is 2.63. The Morgan fingerprint density at radius 3 is 3.00 bits per heavy atom. The molecule has 1 fully saturated rings. The van der Waals surface area contributed by atoms with Crippen molar-refractivity contribution in [1.29, 1.82) is 0 Å². The molecule has 1 aromatic heterocycles. The van der Waals surface area contributed by atoms with E-state index in [0.717, 1.165) is 10.7 Å². The number of esters is 1. The fourth-order valence-corrected chi connectivity index (χ4v) is 5.79. The first kappa shape index (κ1) is 14.2. The van der Waals surface area contributed by atoms with Gasteiger partial charge in [0.2, 0.25) is 0 Å². The lowest BCUT2D eigenvalue weighted by Gasteiger charge is -2.25. The molecule has 1 saturated heterocycles. The van der Waals surface area contributed by atoms with Crippen molar-refractivity contribution in [3.63, 3.8) is 0 Å². The summed E-state index contributed by atoms with van der Waals surface area (Å²) in [6.45, 7) is 4.51. The van der Waals surface area contributed by atoms with Crippen LogP contribution in [0.1, 0.15) is 29.8 Å². The predicted octanol–water partition coefficient (Wildman–Crippen LogP) is 3.16. The highest BCUT2D eigenvalue weighted by Gasteiger charge is 2.26. The largest absolute Gasteiger partial charge is 0.466 e. The van der Waals surface area contributed by atoms with Gasteiger partial charge in [0, 0.05) is 22.1 Å². The molecule has 0 spiro atoms. The zero-order valence-electron chi connectivity index (χ0n) is 10.5. The van der Waals surface area contributed by atoms with Gasteiger partial charge in [-0.25, -0.2) is 4.98 Å². The number of hydrogen-bond donors (Lipinski definition) is 0. The third kappa shape index (κ3) is 3.65. The van der Waals surface area contributed by atoms with E-state index >= 15 is 0 Å². The summed E-state index contributed by atoms with van der Waals surface area (Å²) in [5.41, 5.74) is 0.844. The van der Waals surface area contributed by atoms with Gasteiger partial charge >= 0.3 is 5.97 Å². The molecule has 6 heteroatoms. The molecule has 2 atom stereocenters. The number of thiazole rings is 1. The van der Waals surface area contributed by atoms with Gasteiger partial charge in [-0.3, -0.25) is 4.79 Å². The van der Waals surface area contributed by atoms with E-state index in [-0.39, 0.29) is 5.97 Å². The standard InChI is InChI=1S/C12H17NO2S3/c1-3-15-10(14)6-9-7-18-12(13-9)11-8(2)16-4-5-17-11/h7-8,11H,3-6H2,1-2H3. The molecule has 0 saturated carbocycles. The van der Waals surface area contributed by atoms with Crippen LogP contribution in [0.25, 0.3) is 0 Å². The third-order valence-corrected chi connectivity index (χ3v) is 6.86. The molecule has 3 nitrogen and oxygen atoms in total. The van der Waals surface area contributed by atoms with Gasteiger partial charge in [0.05, 0.1) is 24.0 Å². The Hall–Kier alpha value is -0.200. The van der Waals surface area contributed by atoms with Crippen molar-refractivity contribution < 1.29 is 9.53 Å². The van der Waals surface area contributed by atoms with E-state index in [4.69, 9.17) is 4.74 Å². The Labute approximate surface area is 120 Å². The number of thioether (sulfide) groups is 2. The summed E-state index contributed by atoms with van der Waals surface area (Å²) in [4.78, 5) is 16.0. The number of aromatic nitrogens is 1. The molecule has 18 heavy (non-hydrogen) atoms. The van der Waals surface area contributed by atoms with Crippen LogP contribution in [0.3, 0.4) is 0 Å². The van der Waals surface area contributed by atoms with Gasteiger partial charge in [-0.1, -0.05) is 6.92 Å². The molecule has 0 aliphatic carbocycles. The molecular formula is C12H17NO2S3. The molecule has 0 bridgehead atoms. The van der Waals surface area contributed by atoms with Crippen molar-refractivity contribution in [1.82, 2.24) is 4.98 Å². The molecule has 2 unspecified atom stereocenters. The zero-order valence-corrected chi connectivity index (χ0v) is 13.0. The first-order valence-corrected chi connectivity index (χ1v) is 9.01. The smallest absolute Gasteiger partial charge is 0.311 e. The van der Waals surface area contributed by atoms with Gasteiger partial charge in [0.1, 0.15) is 5.01 Å². The van der Waals surface area contributed by atoms with E-state index in [2.05, 4.69) is 11.9 Å². The molecule has 0 amide bonds. The Morgan fingerprint density at radius 1 is 1.50 bits per heavy atom. The average molecular weight is 303 g/mol. The lowest BCUT2D eigenvalue weighted by molar-refractivity contribution is -0.142. The molecule has 2 rings (SSSR count). The minimum Gasteiger partial charge on any atom is -0.466 e. The number of carbonyl (C=O) groups excluding carboxylic acids is 1. The number of ether oxygens (including phenoxy) is 1. The van der Waals surface area contributed by atoms with Crippen molar-refractivity contribution in [2.75, 3.05) is 18.1 Å². The normalized spacial score (nSPS) is 23.9. The van der Waals surface area contributed by atoms with Gasteiger partial charge < -0.3 is 4.74 Å². The van der Waals surface area contributed by atoms with Crippen LogP contribution in [0.5, 0.6) is 0 Å². The number of hydrogen-bond acceptors (Lipinski definition) is 6. The summed E-state index contributed by atoms with van der Waals surface area (Å²) >= 11 is 5.65. The van der Waals surface area contributed by atoms with Crippen molar-refractivity contribution in [2.24, 2.45) is 0 Å². The highest BCUT2D eigenvalue weighted by atomic mass is 32.2. The molecule has 2 heterocycles. The minimum atomic E-state index is -0.187. The first-order chi connectivity index (χ1) is 8.70. The molecule has 1 aromatic rings. The van der Waals surface area contributed by atoms with Crippen LogP contribution in [0.15, 0.2) is 5.38 Å². The van der Waals surface area contributed by atoms with Gasteiger partial charge in [0.25, 0.3) is 0 Å². The Bertz CT molecular complexity index is 408. The van der Waals surface area contributed by atoms with Crippen LogP contribution >= 0.6 is 34.9 Å². The van der Waals surface area contributed by atoms with E-state index in [1.165, 1.54) is 11.5 Å². The maximum absolute atomic E-state index is 11.4. The highest BCUT2D eigenvalue weighted by Crippen LogP contribution is 2.43. The van der Waals surface area contributed by atoms with Crippen molar-refractivity contribution >= 4 is 40.8 Å². The molecule has 0 radical (unpaired) electrons. The molecule has 1 aliphatic heterocycles. The molecular weight excluding hydrogens is 286 g/mol. The predicted molar refractivity (Wildman–Crippen MR) is 79.6 cm³/mol. The number of carbonyl (C=O) groups is 1. The molecule has 0 aromatic carbocycles. The van der Waals surface area contributed by atoms with Crippen LogP contribution in [0, 0.1) is 0 Å². The molecule has 100 valence electrons. The monoisotopic (exact) mass is 303 g/mol. The van der Waals surface area contributed by atoms with Gasteiger partial charge in [-0.05, 0) is 6.92 Å². The quantitative estimate of drug-likeness (QED) is 0.799. The number of rotatable bonds is 4. The van der Waals surface area contributed by atoms with Gasteiger partial charge in [0.15, 0.2) is 0 Å². The average Bonchev–Trinajstić information content (AvgIpc) is 2.78. The summed E-state index contributed by atoms with van der Waals surface area (Å²) in [7, 11) is 0. The van der Waals surface area contributed by atoms with E-state index in [1.54, 1.807) is 11.3 Å². The fraction of sp³-hybridized carbons (Fsp3) is 0.667. The SMILES string of the molecule is CCOC(=O)Cc1csc(C2SCCSC2C)n1. The van der Waals surface area contributed by atoms with Crippen molar-refractivity contribution in [2.45, 2.75) is 30.8 Å². The van der Waals surface area contributed by atoms with E-state index < -0.39 is 0 Å². The second-order valence-electron chi connectivity index (χ2n) is 4.03. The van der Waals surface area contributed by atoms with E-state index in [9.17, 15) is 4.79 Å². The van der Waals surface area contributed by atoms with E-state index in [1.807, 2.05) is 35.8 Å². The maximum atomic E-state index is 11.4. The summed E-state index contributed by atoms with van der Waals surface area (Å²) in [5.74, 6) is 2.23. The van der Waals surface area contributed by atoms with Crippen LogP contribution in [-0.4, -0.2) is 34.3 Å². The second kappa shape index (κ2) is 6.82. The van der Waals surface area contributed by atoms with Crippen molar-refractivity contribution in [3.8, 4) is 0 Å². The Balaban J connectivity index is 1.98. The molecule has 1 aliphatic rings. The van der Waals surface area contributed by atoms with Crippen molar-refractivity contribution in [3.05, 3.63) is 16.1 Å². The maximum Gasteiger partial charge on any atom is 0.311 e. The highest BCUT2D eigenvalue weighted by molar-refractivity contribution is 8.06. The summed E-state index contributed by atoms with van der Waals surface area (Å²) in [6.07, 6.45) is 0.295. The summed E-state index contributed by atoms with van der Waals surface area (Å²) in [5, 5.41) is 4.22. The minimum absolute atomic E-state index is 0.187. The molecule has 0 N–H and O–H groups in total. The number of nitrogens with zero attached hydrogens (tertiary/aromatic N) is 1. The lowest BCUT2D eigenvalue weighted by atomic mass is 10.3. The fourth-order valence-electron chi connectivity index (χ4n) is 1.80. The first-order valence-electron chi connectivity index (χ1n) is 6.03. The van der Waals surface area contributed by atoms with Crippen LogP contribution in [0.4, 0.5) is 0 Å². The Morgan fingerprint density at radius 2 is 2.28 bits per heavy atom.